The van der Waals surface area contributed by atoms with E-state index in [2.05, 4.69) is 5.92 Å². The monoisotopic (exact) mass is 318 g/mol. The van der Waals surface area contributed by atoms with E-state index >= 15 is 0 Å². The number of hydrogen-bond donors (Lipinski definition) is 0. The minimum atomic E-state index is -0.0574. The van der Waals surface area contributed by atoms with Crippen molar-refractivity contribution < 1.29 is 0 Å². The molecular weight excluding hydrogens is 308 g/mol. The normalized spacial score (nSPS) is 9.44. The predicted octanol–water partition coefficient (Wildman–Crippen LogP) is 2.19. The first-order valence-electron chi connectivity index (χ1n) is 7.17. The molecule has 0 spiro atoms. The van der Waals surface area contributed by atoms with Crippen LogP contribution >= 0.6 is 0 Å². The van der Waals surface area contributed by atoms with Gasteiger partial charge in [-0.05, 0) is 41.0 Å². The standard InChI is InChI=1S/C21H10N4/c1-3-4-7-17-14(2)20(15(10-22)11-23)18-8-5-6-9-19(18)21(17)16(12-24)13-25/h1,4-9H,2H3/b7-4-. The van der Waals surface area contributed by atoms with Crippen LogP contribution in [0.1, 0.15) is 11.1 Å². The highest BCUT2D eigenvalue weighted by atomic mass is 14.3. The van der Waals surface area contributed by atoms with Gasteiger partial charge in [-0.2, -0.15) is 21.0 Å². The van der Waals surface area contributed by atoms with Crippen LogP contribution in [0.4, 0.5) is 0 Å². The molecule has 0 bridgehead atoms. The van der Waals surface area contributed by atoms with E-state index in [0.717, 1.165) is 0 Å². The van der Waals surface area contributed by atoms with E-state index in [4.69, 9.17) is 6.42 Å². The lowest BCUT2D eigenvalue weighted by Gasteiger charge is -2.10. The van der Waals surface area contributed by atoms with Crippen molar-refractivity contribution in [1.82, 2.24) is 0 Å². The van der Waals surface area contributed by atoms with Gasteiger partial charge in [0.1, 0.15) is 35.4 Å². The smallest absolute Gasteiger partial charge is 0.138 e. The van der Waals surface area contributed by atoms with Crippen LogP contribution in [0.25, 0.3) is 28.0 Å². The lowest BCUT2D eigenvalue weighted by Crippen LogP contribution is -2.23. The molecule has 0 aliphatic heterocycles. The van der Waals surface area contributed by atoms with Gasteiger partial charge >= 0.3 is 0 Å². The average molecular weight is 318 g/mol. The third kappa shape index (κ3) is 2.83. The summed E-state index contributed by atoms with van der Waals surface area (Å²) in [6.45, 7) is 1.74. The Kier molecular flexibility index (Phi) is 4.99. The Balaban J connectivity index is 3.46. The Morgan fingerprint density at radius 1 is 0.880 bits per heavy atom. The SMILES string of the molecule is C#C/C=C\c1c(C)c(=C(C#N)C#N)c2ccccc2c1=C(C#N)C#N. The second-order valence-electron chi connectivity index (χ2n) is 5.03. The van der Waals surface area contributed by atoms with Gasteiger partial charge in [0.15, 0.2) is 0 Å². The van der Waals surface area contributed by atoms with Crippen LogP contribution in [0.3, 0.4) is 0 Å². The van der Waals surface area contributed by atoms with Crippen LogP contribution in [0.15, 0.2) is 30.3 Å². The molecule has 0 N–H and O–H groups in total. The summed E-state index contributed by atoms with van der Waals surface area (Å²) < 4.78 is 0. The molecule has 25 heavy (non-hydrogen) atoms. The molecule has 0 amide bonds. The lowest BCUT2D eigenvalue weighted by molar-refractivity contribution is 1.38. The van der Waals surface area contributed by atoms with Crippen LogP contribution in [0.5, 0.6) is 0 Å². The van der Waals surface area contributed by atoms with E-state index in [1.807, 2.05) is 24.3 Å². The maximum Gasteiger partial charge on any atom is 0.138 e. The first-order valence-corrected chi connectivity index (χ1v) is 7.17. The van der Waals surface area contributed by atoms with Gasteiger partial charge in [-0.1, -0.05) is 30.2 Å². The summed E-state index contributed by atoms with van der Waals surface area (Å²) in [5, 5.41) is 39.6. The molecule has 4 nitrogen and oxygen atoms in total. The van der Waals surface area contributed by atoms with E-state index in [9.17, 15) is 21.0 Å². The van der Waals surface area contributed by atoms with E-state index in [-0.39, 0.29) is 11.1 Å². The molecule has 4 heteroatoms. The van der Waals surface area contributed by atoms with Crippen LogP contribution < -0.4 is 10.4 Å². The molecule has 2 rings (SSSR count). The third-order valence-corrected chi connectivity index (χ3v) is 3.81. The van der Waals surface area contributed by atoms with Gasteiger partial charge in [0.2, 0.25) is 0 Å². The van der Waals surface area contributed by atoms with E-state index < -0.39 is 0 Å². The van der Waals surface area contributed by atoms with Crippen molar-refractivity contribution in [2.75, 3.05) is 0 Å². The van der Waals surface area contributed by atoms with Crippen molar-refractivity contribution >= 4 is 28.0 Å². The molecule has 0 unspecified atom stereocenters. The third-order valence-electron chi connectivity index (χ3n) is 3.81. The zero-order valence-electron chi connectivity index (χ0n) is 13.3. The number of hydrogen-bond acceptors (Lipinski definition) is 4. The second kappa shape index (κ2) is 7.31. The average Bonchev–Trinajstić information content (AvgIpc) is 2.65. The summed E-state index contributed by atoms with van der Waals surface area (Å²) in [6.07, 6.45) is 8.36. The number of terminal acetylenes is 1. The first kappa shape index (κ1) is 17.1. The number of nitriles is 4. The highest BCUT2D eigenvalue weighted by Crippen LogP contribution is 2.14. The molecule has 0 radical (unpaired) electrons. The lowest BCUT2D eigenvalue weighted by atomic mass is 9.91. The van der Waals surface area contributed by atoms with Crippen LogP contribution in [0.2, 0.25) is 0 Å². The Hall–Kier alpha value is -4.30. The Labute approximate surface area is 145 Å². The molecule has 0 heterocycles. The molecule has 2 aromatic rings. The largest absolute Gasteiger partial charge is 0.192 e. The van der Waals surface area contributed by atoms with Crippen molar-refractivity contribution in [3.8, 4) is 36.6 Å². The van der Waals surface area contributed by atoms with Crippen LogP contribution in [0, 0.1) is 64.6 Å². The Morgan fingerprint density at radius 3 is 1.84 bits per heavy atom. The molecule has 0 aromatic heterocycles. The Morgan fingerprint density at radius 2 is 1.36 bits per heavy atom. The van der Waals surface area contributed by atoms with E-state index in [1.165, 1.54) is 6.08 Å². The summed E-state index contributed by atoms with van der Waals surface area (Å²) >= 11 is 0. The number of fused-ring (bicyclic) bond motifs is 1. The van der Waals surface area contributed by atoms with Gasteiger partial charge in [0.25, 0.3) is 0 Å². The highest BCUT2D eigenvalue weighted by molar-refractivity contribution is 5.95. The van der Waals surface area contributed by atoms with E-state index in [1.54, 1.807) is 37.3 Å². The van der Waals surface area contributed by atoms with E-state index in [0.29, 0.717) is 32.3 Å². The van der Waals surface area contributed by atoms with Crippen LogP contribution in [-0.2, 0) is 0 Å². The fourth-order valence-corrected chi connectivity index (χ4v) is 2.79. The number of rotatable bonds is 1. The fourth-order valence-electron chi connectivity index (χ4n) is 2.79. The highest BCUT2D eigenvalue weighted by Gasteiger charge is 2.13. The zero-order valence-corrected chi connectivity index (χ0v) is 13.3. The molecule has 0 fully saturated rings. The van der Waals surface area contributed by atoms with Crippen molar-refractivity contribution in [3.05, 3.63) is 51.9 Å². The summed E-state index contributed by atoms with van der Waals surface area (Å²) in [5.74, 6) is 2.38. The Bertz CT molecular complexity index is 1210. The molecule has 0 aliphatic rings. The van der Waals surface area contributed by atoms with Crippen molar-refractivity contribution in [2.45, 2.75) is 6.92 Å². The maximum atomic E-state index is 9.37. The fraction of sp³-hybridized carbons (Fsp3) is 0.0476. The van der Waals surface area contributed by atoms with Crippen molar-refractivity contribution in [1.29, 1.82) is 21.0 Å². The maximum absolute atomic E-state index is 9.37. The predicted molar refractivity (Wildman–Crippen MR) is 95.1 cm³/mol. The molecule has 0 saturated carbocycles. The second-order valence-corrected chi connectivity index (χ2v) is 5.03. The number of benzene rings is 2. The van der Waals surface area contributed by atoms with Crippen LogP contribution in [-0.4, -0.2) is 0 Å². The number of allylic oxidation sites excluding steroid dienone is 1. The zero-order chi connectivity index (χ0) is 18.4. The number of nitrogens with zero attached hydrogens (tertiary/aromatic N) is 4. The summed E-state index contributed by atoms with van der Waals surface area (Å²) in [6, 6.07) is 14.7. The molecule has 114 valence electrons. The molecule has 0 saturated heterocycles. The topological polar surface area (TPSA) is 95.2 Å². The summed E-state index contributed by atoms with van der Waals surface area (Å²) in [5.41, 5.74) is 1.07. The van der Waals surface area contributed by atoms with Gasteiger partial charge in [-0.3, -0.25) is 0 Å². The van der Waals surface area contributed by atoms with Gasteiger partial charge in [-0.15, -0.1) is 6.42 Å². The van der Waals surface area contributed by atoms with Crippen molar-refractivity contribution in [2.24, 2.45) is 0 Å². The van der Waals surface area contributed by atoms with Crippen molar-refractivity contribution in [3.63, 3.8) is 0 Å². The quantitative estimate of drug-likeness (QED) is 0.753. The molecule has 0 atom stereocenters. The first-order chi connectivity index (χ1) is 12.1. The minimum Gasteiger partial charge on any atom is -0.192 e. The molecular formula is C21H10N4. The molecule has 0 aliphatic carbocycles. The van der Waals surface area contributed by atoms with Gasteiger partial charge < -0.3 is 0 Å². The summed E-state index contributed by atoms with van der Waals surface area (Å²) in [7, 11) is 0. The van der Waals surface area contributed by atoms with Gasteiger partial charge in [-0.25, -0.2) is 0 Å². The van der Waals surface area contributed by atoms with Gasteiger partial charge in [0.05, 0.1) is 0 Å². The summed E-state index contributed by atoms with van der Waals surface area (Å²) in [4.78, 5) is 0. The molecule has 2 aromatic carbocycles. The minimum absolute atomic E-state index is 0.0360. The van der Waals surface area contributed by atoms with Gasteiger partial charge in [0, 0.05) is 10.4 Å².